The first-order valence-electron chi connectivity index (χ1n) is 7.15. The van der Waals surface area contributed by atoms with Gasteiger partial charge in [0.25, 0.3) is 5.91 Å². The first-order chi connectivity index (χ1) is 11.6. The van der Waals surface area contributed by atoms with Crippen molar-refractivity contribution in [3.05, 3.63) is 78.4 Å². The van der Waals surface area contributed by atoms with Crippen LogP contribution in [0.15, 0.2) is 67.0 Å². The minimum atomic E-state index is -0.487. The van der Waals surface area contributed by atoms with Crippen molar-refractivity contribution in [2.45, 2.75) is 0 Å². The van der Waals surface area contributed by atoms with E-state index >= 15 is 0 Å². The number of nitrogens with zero attached hydrogens (tertiary/aromatic N) is 1. The summed E-state index contributed by atoms with van der Waals surface area (Å²) in [5.41, 5.74) is 7.19. The van der Waals surface area contributed by atoms with Crippen molar-refractivity contribution in [2.75, 3.05) is 11.1 Å². The molecule has 0 atom stereocenters. The molecule has 0 bridgehead atoms. The van der Waals surface area contributed by atoms with Crippen LogP contribution in [0.4, 0.5) is 15.8 Å². The van der Waals surface area contributed by atoms with E-state index in [0.29, 0.717) is 22.7 Å². The molecule has 0 fully saturated rings. The number of nitrogen functional groups attached to an aromatic ring is 1. The van der Waals surface area contributed by atoms with Gasteiger partial charge in [0.15, 0.2) is 0 Å². The van der Waals surface area contributed by atoms with Crippen LogP contribution in [0.2, 0.25) is 0 Å². The fourth-order valence-corrected chi connectivity index (χ4v) is 2.10. The number of ether oxygens (including phenoxy) is 1. The van der Waals surface area contributed by atoms with Gasteiger partial charge in [-0.05, 0) is 30.3 Å². The molecule has 5 nitrogen and oxygen atoms in total. The maximum atomic E-state index is 13.1. The lowest BCUT2D eigenvalue weighted by Crippen LogP contribution is -2.12. The summed E-state index contributed by atoms with van der Waals surface area (Å²) in [5, 5.41) is 2.76. The number of carbonyl (C=O) groups is 1. The number of halogens is 1. The van der Waals surface area contributed by atoms with E-state index in [9.17, 15) is 9.18 Å². The zero-order valence-electron chi connectivity index (χ0n) is 12.6. The van der Waals surface area contributed by atoms with Crippen LogP contribution in [0, 0.1) is 5.82 Å². The SMILES string of the molecule is Nc1cccc(C(=O)Nc2cccc(Oc3cncc(F)c3)c2)c1. The summed E-state index contributed by atoms with van der Waals surface area (Å²) in [7, 11) is 0. The standard InChI is InChI=1S/C18H14FN3O2/c19-13-8-17(11-21-10-13)24-16-6-2-5-15(9-16)22-18(23)12-3-1-4-14(20)7-12/h1-11H,20H2,(H,22,23). The molecule has 0 unspecified atom stereocenters. The molecule has 0 aliphatic heterocycles. The monoisotopic (exact) mass is 323 g/mol. The number of pyridine rings is 1. The smallest absolute Gasteiger partial charge is 0.255 e. The molecular formula is C18H14FN3O2. The molecule has 120 valence electrons. The Balaban J connectivity index is 1.74. The van der Waals surface area contributed by atoms with Gasteiger partial charge in [-0.3, -0.25) is 9.78 Å². The second-order valence-electron chi connectivity index (χ2n) is 5.05. The van der Waals surface area contributed by atoms with Crippen molar-refractivity contribution in [3.63, 3.8) is 0 Å². The lowest BCUT2D eigenvalue weighted by molar-refractivity contribution is 0.102. The number of benzene rings is 2. The first kappa shape index (κ1) is 15.5. The van der Waals surface area contributed by atoms with Gasteiger partial charge in [0, 0.05) is 29.1 Å². The van der Waals surface area contributed by atoms with Gasteiger partial charge in [0.05, 0.1) is 12.4 Å². The highest BCUT2D eigenvalue weighted by Gasteiger charge is 2.07. The second kappa shape index (κ2) is 6.78. The molecule has 0 radical (unpaired) electrons. The molecule has 2 aromatic carbocycles. The third kappa shape index (κ3) is 3.86. The van der Waals surface area contributed by atoms with Crippen LogP contribution in [0.3, 0.4) is 0 Å². The summed E-state index contributed by atoms with van der Waals surface area (Å²) in [4.78, 5) is 15.9. The molecule has 0 spiro atoms. The Morgan fingerprint density at radius 1 is 1.04 bits per heavy atom. The summed E-state index contributed by atoms with van der Waals surface area (Å²) in [6.45, 7) is 0. The van der Waals surface area contributed by atoms with E-state index in [1.165, 1.54) is 12.3 Å². The predicted octanol–water partition coefficient (Wildman–Crippen LogP) is 3.85. The molecule has 24 heavy (non-hydrogen) atoms. The Hall–Kier alpha value is -3.41. The van der Waals surface area contributed by atoms with Gasteiger partial charge in [-0.15, -0.1) is 0 Å². The lowest BCUT2D eigenvalue weighted by Gasteiger charge is -2.09. The van der Waals surface area contributed by atoms with E-state index in [2.05, 4.69) is 10.3 Å². The quantitative estimate of drug-likeness (QED) is 0.715. The summed E-state index contributed by atoms with van der Waals surface area (Å²) < 4.78 is 18.7. The number of rotatable bonds is 4. The number of hydrogen-bond donors (Lipinski definition) is 2. The first-order valence-corrected chi connectivity index (χ1v) is 7.15. The molecular weight excluding hydrogens is 309 g/mol. The van der Waals surface area contributed by atoms with Crippen molar-refractivity contribution in [2.24, 2.45) is 0 Å². The van der Waals surface area contributed by atoms with Crippen LogP contribution in [-0.2, 0) is 0 Å². The zero-order valence-corrected chi connectivity index (χ0v) is 12.6. The average molecular weight is 323 g/mol. The maximum absolute atomic E-state index is 13.1. The molecule has 1 aromatic heterocycles. The highest BCUT2D eigenvalue weighted by atomic mass is 19.1. The van der Waals surface area contributed by atoms with Gasteiger partial charge >= 0.3 is 0 Å². The van der Waals surface area contributed by atoms with E-state index in [1.54, 1.807) is 48.5 Å². The third-order valence-corrected chi connectivity index (χ3v) is 3.16. The van der Waals surface area contributed by atoms with Crippen LogP contribution >= 0.6 is 0 Å². The minimum absolute atomic E-state index is 0.273. The Labute approximate surface area is 137 Å². The fraction of sp³-hybridized carbons (Fsp3) is 0. The third-order valence-electron chi connectivity index (χ3n) is 3.16. The molecule has 3 aromatic rings. The average Bonchev–Trinajstić information content (AvgIpc) is 2.55. The molecule has 1 heterocycles. The number of aromatic nitrogens is 1. The van der Waals surface area contributed by atoms with E-state index < -0.39 is 5.82 Å². The summed E-state index contributed by atoms with van der Waals surface area (Å²) in [5.74, 6) is -0.0485. The van der Waals surface area contributed by atoms with Gasteiger partial charge in [0.1, 0.15) is 17.3 Å². The van der Waals surface area contributed by atoms with Crippen molar-refractivity contribution in [3.8, 4) is 11.5 Å². The number of amides is 1. The molecule has 6 heteroatoms. The number of nitrogens with two attached hydrogens (primary N) is 1. The largest absolute Gasteiger partial charge is 0.456 e. The van der Waals surface area contributed by atoms with Crippen molar-refractivity contribution in [1.82, 2.24) is 4.98 Å². The van der Waals surface area contributed by atoms with Crippen molar-refractivity contribution in [1.29, 1.82) is 0 Å². The molecule has 0 aliphatic carbocycles. The fourth-order valence-electron chi connectivity index (χ4n) is 2.10. The number of carbonyl (C=O) groups excluding carboxylic acids is 1. The Morgan fingerprint density at radius 2 is 1.88 bits per heavy atom. The van der Waals surface area contributed by atoms with Gasteiger partial charge in [-0.25, -0.2) is 4.39 Å². The van der Waals surface area contributed by atoms with Gasteiger partial charge in [-0.1, -0.05) is 12.1 Å². The summed E-state index contributed by atoms with van der Waals surface area (Å²) in [6, 6.07) is 14.7. The minimum Gasteiger partial charge on any atom is -0.456 e. The van der Waals surface area contributed by atoms with E-state index in [1.807, 2.05) is 0 Å². The maximum Gasteiger partial charge on any atom is 0.255 e. The van der Waals surface area contributed by atoms with Crippen LogP contribution < -0.4 is 15.8 Å². The molecule has 3 N–H and O–H groups in total. The molecule has 0 saturated carbocycles. The highest BCUT2D eigenvalue weighted by Crippen LogP contribution is 2.24. The number of anilines is 2. The highest BCUT2D eigenvalue weighted by molar-refractivity contribution is 6.04. The Bertz CT molecular complexity index is 883. The molecule has 1 amide bonds. The molecule has 3 rings (SSSR count). The predicted molar refractivity (Wildman–Crippen MR) is 89.5 cm³/mol. The Kier molecular flexibility index (Phi) is 4.38. The summed E-state index contributed by atoms with van der Waals surface area (Å²) in [6.07, 6.45) is 2.50. The van der Waals surface area contributed by atoms with Crippen LogP contribution in [0.1, 0.15) is 10.4 Å². The number of hydrogen-bond acceptors (Lipinski definition) is 4. The van der Waals surface area contributed by atoms with Crippen molar-refractivity contribution < 1.29 is 13.9 Å². The van der Waals surface area contributed by atoms with E-state index in [-0.39, 0.29) is 11.7 Å². The van der Waals surface area contributed by atoms with Gasteiger partial charge in [0.2, 0.25) is 0 Å². The zero-order chi connectivity index (χ0) is 16.9. The van der Waals surface area contributed by atoms with E-state index in [4.69, 9.17) is 10.5 Å². The molecule has 0 saturated heterocycles. The van der Waals surface area contributed by atoms with Gasteiger partial charge < -0.3 is 15.8 Å². The number of nitrogens with one attached hydrogen (secondary N) is 1. The lowest BCUT2D eigenvalue weighted by atomic mass is 10.2. The van der Waals surface area contributed by atoms with Crippen LogP contribution in [0.5, 0.6) is 11.5 Å². The van der Waals surface area contributed by atoms with Crippen molar-refractivity contribution >= 4 is 17.3 Å². The molecule has 0 aliphatic rings. The Morgan fingerprint density at radius 3 is 2.67 bits per heavy atom. The summed E-state index contributed by atoms with van der Waals surface area (Å²) >= 11 is 0. The normalized spacial score (nSPS) is 10.2. The van der Waals surface area contributed by atoms with Gasteiger partial charge in [-0.2, -0.15) is 0 Å². The van der Waals surface area contributed by atoms with E-state index in [0.717, 1.165) is 6.20 Å². The topological polar surface area (TPSA) is 77.2 Å². The van der Waals surface area contributed by atoms with Crippen LogP contribution in [-0.4, -0.2) is 10.9 Å². The second-order valence-corrected chi connectivity index (χ2v) is 5.05. The van der Waals surface area contributed by atoms with Crippen LogP contribution in [0.25, 0.3) is 0 Å².